The molecule has 0 aliphatic rings. The molecular formula is C9H5BrFIO2. The molecule has 5 heteroatoms. The van der Waals surface area contributed by atoms with Gasteiger partial charge in [0.1, 0.15) is 5.82 Å². The number of aliphatic carboxylic acids is 1. The van der Waals surface area contributed by atoms with Crippen molar-refractivity contribution in [3.63, 3.8) is 0 Å². The van der Waals surface area contributed by atoms with E-state index in [1.807, 2.05) is 22.6 Å². The van der Waals surface area contributed by atoms with E-state index in [4.69, 9.17) is 5.11 Å². The zero-order valence-electron chi connectivity index (χ0n) is 6.80. The Morgan fingerprint density at radius 2 is 2.21 bits per heavy atom. The molecule has 14 heavy (non-hydrogen) atoms. The molecule has 0 aliphatic heterocycles. The van der Waals surface area contributed by atoms with Gasteiger partial charge < -0.3 is 5.11 Å². The number of benzene rings is 1. The lowest BCUT2D eigenvalue weighted by Gasteiger charge is -2.01. The number of hydrogen-bond acceptors (Lipinski definition) is 1. The Bertz CT molecular complexity index is 404. The Morgan fingerprint density at radius 1 is 1.57 bits per heavy atom. The molecule has 1 rings (SSSR count). The SMILES string of the molecule is O=C(O)/C=C/c1c(I)ccc(Br)c1F. The van der Waals surface area contributed by atoms with Gasteiger partial charge in [0, 0.05) is 15.2 Å². The molecule has 74 valence electrons. The number of hydrogen-bond donors (Lipinski definition) is 1. The lowest BCUT2D eigenvalue weighted by molar-refractivity contribution is -0.131. The minimum absolute atomic E-state index is 0.280. The van der Waals surface area contributed by atoms with E-state index in [9.17, 15) is 9.18 Å². The summed E-state index contributed by atoms with van der Waals surface area (Å²) in [4.78, 5) is 10.3. The predicted octanol–water partition coefficient (Wildman–Crippen LogP) is 3.29. The summed E-state index contributed by atoms with van der Waals surface area (Å²) in [5, 5.41) is 8.40. The molecule has 0 aliphatic carbocycles. The summed E-state index contributed by atoms with van der Waals surface area (Å²) in [6.45, 7) is 0. The van der Waals surface area contributed by atoms with Crippen LogP contribution in [0.2, 0.25) is 0 Å². The van der Waals surface area contributed by atoms with Crippen molar-refractivity contribution in [2.45, 2.75) is 0 Å². The van der Waals surface area contributed by atoms with Crippen molar-refractivity contribution in [2.75, 3.05) is 0 Å². The standard InChI is InChI=1S/C9H5BrFIO2/c10-6-2-3-7(12)5(9(6)11)1-4-8(13)14/h1-4H,(H,13,14)/b4-1+. The molecule has 0 atom stereocenters. The van der Waals surface area contributed by atoms with E-state index >= 15 is 0 Å². The van der Waals surface area contributed by atoms with Crippen LogP contribution in [0.15, 0.2) is 22.7 Å². The quantitative estimate of drug-likeness (QED) is 0.492. The summed E-state index contributed by atoms with van der Waals surface area (Å²) in [5.74, 6) is -1.55. The van der Waals surface area contributed by atoms with Crippen molar-refractivity contribution < 1.29 is 14.3 Å². The number of rotatable bonds is 2. The average molecular weight is 371 g/mol. The molecular weight excluding hydrogens is 366 g/mol. The van der Waals surface area contributed by atoms with Gasteiger partial charge in [0.15, 0.2) is 0 Å². The van der Waals surface area contributed by atoms with Crippen molar-refractivity contribution in [1.29, 1.82) is 0 Å². The Kier molecular flexibility index (Phi) is 4.06. The first-order valence-corrected chi connectivity index (χ1v) is 5.44. The molecule has 0 fully saturated rings. The maximum Gasteiger partial charge on any atom is 0.328 e. The highest BCUT2D eigenvalue weighted by Gasteiger charge is 2.07. The Morgan fingerprint density at radius 3 is 2.79 bits per heavy atom. The molecule has 0 saturated carbocycles. The van der Waals surface area contributed by atoms with E-state index in [-0.39, 0.29) is 5.56 Å². The summed E-state index contributed by atoms with van der Waals surface area (Å²) < 4.78 is 14.4. The van der Waals surface area contributed by atoms with Gasteiger partial charge in [-0.15, -0.1) is 0 Å². The fourth-order valence-corrected chi connectivity index (χ4v) is 1.79. The van der Waals surface area contributed by atoms with E-state index in [1.165, 1.54) is 6.08 Å². The van der Waals surface area contributed by atoms with Gasteiger partial charge in [0.05, 0.1) is 4.47 Å². The van der Waals surface area contributed by atoms with Gasteiger partial charge in [-0.25, -0.2) is 9.18 Å². The Balaban J connectivity index is 3.19. The van der Waals surface area contributed by atoms with Crippen molar-refractivity contribution in [1.82, 2.24) is 0 Å². The van der Waals surface area contributed by atoms with Crippen LogP contribution in [0.1, 0.15) is 5.56 Å². The van der Waals surface area contributed by atoms with Gasteiger partial charge in [-0.05, 0) is 56.7 Å². The van der Waals surface area contributed by atoms with Crippen LogP contribution < -0.4 is 0 Å². The Hall–Kier alpha value is -0.430. The van der Waals surface area contributed by atoms with E-state index in [0.29, 0.717) is 8.04 Å². The van der Waals surface area contributed by atoms with E-state index < -0.39 is 11.8 Å². The molecule has 0 bridgehead atoms. The van der Waals surface area contributed by atoms with E-state index in [0.717, 1.165) is 6.08 Å². The van der Waals surface area contributed by atoms with Gasteiger partial charge >= 0.3 is 5.97 Å². The second kappa shape index (κ2) is 4.88. The van der Waals surface area contributed by atoms with Crippen molar-refractivity contribution >= 4 is 50.6 Å². The van der Waals surface area contributed by atoms with Gasteiger partial charge in [-0.3, -0.25) is 0 Å². The summed E-state index contributed by atoms with van der Waals surface area (Å²) in [6, 6.07) is 3.28. The van der Waals surface area contributed by atoms with E-state index in [2.05, 4.69) is 15.9 Å². The molecule has 0 spiro atoms. The normalized spacial score (nSPS) is 10.8. The minimum atomic E-state index is -1.10. The summed E-state index contributed by atoms with van der Waals surface area (Å²) in [5.41, 5.74) is 0.280. The molecule has 0 amide bonds. The van der Waals surface area contributed by atoms with Crippen LogP contribution in [-0.2, 0) is 4.79 Å². The van der Waals surface area contributed by atoms with Crippen LogP contribution in [0.3, 0.4) is 0 Å². The van der Waals surface area contributed by atoms with Crippen LogP contribution in [-0.4, -0.2) is 11.1 Å². The third-order valence-electron chi connectivity index (χ3n) is 1.47. The first kappa shape index (κ1) is 11.6. The third-order valence-corrected chi connectivity index (χ3v) is 3.03. The van der Waals surface area contributed by atoms with Gasteiger partial charge in [0.25, 0.3) is 0 Å². The summed E-state index contributed by atoms with van der Waals surface area (Å²) in [6.07, 6.45) is 2.15. The average Bonchev–Trinajstić information content (AvgIpc) is 2.11. The van der Waals surface area contributed by atoms with Crippen LogP contribution in [0.5, 0.6) is 0 Å². The minimum Gasteiger partial charge on any atom is -0.478 e. The fraction of sp³-hybridized carbons (Fsp3) is 0. The number of carbonyl (C=O) groups is 1. The Labute approximate surface area is 102 Å². The highest BCUT2D eigenvalue weighted by Crippen LogP contribution is 2.24. The number of carboxylic acid groups (broad SMARTS) is 1. The highest BCUT2D eigenvalue weighted by molar-refractivity contribution is 14.1. The van der Waals surface area contributed by atoms with Crippen molar-refractivity contribution in [3.05, 3.63) is 37.6 Å². The molecule has 1 N–H and O–H groups in total. The molecule has 0 saturated heterocycles. The van der Waals surface area contributed by atoms with E-state index in [1.54, 1.807) is 12.1 Å². The zero-order chi connectivity index (χ0) is 10.7. The van der Waals surface area contributed by atoms with Crippen LogP contribution in [0.25, 0.3) is 6.08 Å². The maximum absolute atomic E-state index is 13.4. The lowest BCUT2D eigenvalue weighted by Crippen LogP contribution is -1.91. The molecule has 2 nitrogen and oxygen atoms in total. The predicted molar refractivity (Wildman–Crippen MR) is 63.5 cm³/mol. The van der Waals surface area contributed by atoms with Gasteiger partial charge in [-0.1, -0.05) is 0 Å². The fourth-order valence-electron chi connectivity index (χ4n) is 0.850. The second-order valence-corrected chi connectivity index (χ2v) is 4.44. The monoisotopic (exact) mass is 370 g/mol. The molecule has 0 unspecified atom stereocenters. The van der Waals surface area contributed by atoms with Crippen LogP contribution >= 0.6 is 38.5 Å². The van der Waals surface area contributed by atoms with Gasteiger partial charge in [-0.2, -0.15) is 0 Å². The third kappa shape index (κ3) is 2.78. The molecule has 1 aromatic rings. The second-order valence-electron chi connectivity index (χ2n) is 2.43. The first-order chi connectivity index (χ1) is 6.52. The molecule has 0 radical (unpaired) electrons. The maximum atomic E-state index is 13.4. The lowest BCUT2D eigenvalue weighted by atomic mass is 10.2. The zero-order valence-corrected chi connectivity index (χ0v) is 10.5. The van der Waals surface area contributed by atoms with Crippen molar-refractivity contribution in [2.24, 2.45) is 0 Å². The summed E-state index contributed by atoms with van der Waals surface area (Å²) >= 11 is 4.97. The van der Waals surface area contributed by atoms with Crippen LogP contribution in [0, 0.1) is 9.39 Å². The number of halogens is 3. The molecule has 0 aromatic heterocycles. The largest absolute Gasteiger partial charge is 0.478 e. The van der Waals surface area contributed by atoms with Crippen LogP contribution in [0.4, 0.5) is 4.39 Å². The number of carboxylic acids is 1. The highest BCUT2D eigenvalue weighted by atomic mass is 127. The smallest absolute Gasteiger partial charge is 0.328 e. The van der Waals surface area contributed by atoms with Crippen molar-refractivity contribution in [3.8, 4) is 0 Å². The topological polar surface area (TPSA) is 37.3 Å². The molecule has 1 aromatic carbocycles. The summed E-state index contributed by atoms with van der Waals surface area (Å²) in [7, 11) is 0. The molecule has 0 heterocycles. The van der Waals surface area contributed by atoms with Gasteiger partial charge in [0.2, 0.25) is 0 Å². The first-order valence-electron chi connectivity index (χ1n) is 3.57.